The van der Waals surface area contributed by atoms with Gasteiger partial charge in [0.2, 0.25) is 5.91 Å². The molecule has 0 saturated carbocycles. The van der Waals surface area contributed by atoms with Gasteiger partial charge >= 0.3 is 0 Å². The lowest BCUT2D eigenvalue weighted by atomic mass is 9.90. The summed E-state index contributed by atoms with van der Waals surface area (Å²) in [5.74, 6) is -0.179. The van der Waals surface area contributed by atoms with Crippen molar-refractivity contribution >= 4 is 34.0 Å². The standard InChI is InChI=1S/C32H30N2O5/c1-3-4-19-38-26-18-17-22(20-27(26)37-2)29-28-30(39-34(29)23-13-6-5-7-14-23)32(36)33(31(28)35)25-16-10-12-21-11-8-9-15-24(21)25/h5-18,20,28-30H,3-4,19H2,1-2H3. The fourth-order valence-corrected chi connectivity index (χ4v) is 5.51. The third kappa shape index (κ3) is 4.29. The van der Waals surface area contributed by atoms with Crippen LogP contribution in [0.15, 0.2) is 91.0 Å². The number of hydrogen-bond donors (Lipinski definition) is 0. The second kappa shape index (κ2) is 10.4. The maximum Gasteiger partial charge on any atom is 0.266 e. The summed E-state index contributed by atoms with van der Waals surface area (Å²) in [5.41, 5.74) is 2.13. The van der Waals surface area contributed by atoms with Crippen LogP contribution in [-0.2, 0) is 14.4 Å². The Morgan fingerprint density at radius 3 is 2.41 bits per heavy atom. The van der Waals surface area contributed by atoms with E-state index in [4.69, 9.17) is 14.3 Å². The lowest BCUT2D eigenvalue weighted by molar-refractivity contribution is -0.126. The Morgan fingerprint density at radius 2 is 1.62 bits per heavy atom. The van der Waals surface area contributed by atoms with Gasteiger partial charge in [-0.15, -0.1) is 0 Å². The average Bonchev–Trinajstić information content (AvgIpc) is 3.49. The van der Waals surface area contributed by atoms with Crippen LogP contribution in [0.5, 0.6) is 11.5 Å². The Kier molecular flexibility index (Phi) is 6.67. The average molecular weight is 523 g/mol. The van der Waals surface area contributed by atoms with E-state index < -0.39 is 18.1 Å². The van der Waals surface area contributed by atoms with Crippen molar-refractivity contribution in [1.82, 2.24) is 0 Å². The summed E-state index contributed by atoms with van der Waals surface area (Å²) in [7, 11) is 1.60. The van der Waals surface area contributed by atoms with Gasteiger partial charge in [-0.25, -0.2) is 9.96 Å². The topological polar surface area (TPSA) is 68.3 Å². The van der Waals surface area contributed by atoms with Gasteiger partial charge in [-0.1, -0.05) is 74.0 Å². The lowest BCUT2D eigenvalue weighted by Gasteiger charge is -2.29. The van der Waals surface area contributed by atoms with Gasteiger partial charge in [0, 0.05) is 5.39 Å². The van der Waals surface area contributed by atoms with Crippen LogP contribution in [0.3, 0.4) is 0 Å². The monoisotopic (exact) mass is 522 g/mol. The van der Waals surface area contributed by atoms with Gasteiger partial charge < -0.3 is 9.47 Å². The minimum Gasteiger partial charge on any atom is -0.493 e. The minimum absolute atomic E-state index is 0.285. The van der Waals surface area contributed by atoms with Crippen LogP contribution in [-0.4, -0.2) is 31.6 Å². The summed E-state index contributed by atoms with van der Waals surface area (Å²) >= 11 is 0. The number of ether oxygens (including phenoxy) is 2. The Morgan fingerprint density at radius 1 is 0.846 bits per heavy atom. The van der Waals surface area contributed by atoms with Gasteiger partial charge in [0.25, 0.3) is 5.91 Å². The number of carbonyl (C=O) groups is 2. The normalized spacial score (nSPS) is 20.5. The van der Waals surface area contributed by atoms with Crippen molar-refractivity contribution in [2.75, 3.05) is 23.7 Å². The first kappa shape index (κ1) is 24.9. The zero-order chi connectivity index (χ0) is 26.9. The molecule has 0 aliphatic carbocycles. The van der Waals surface area contributed by atoms with Gasteiger partial charge in [0.1, 0.15) is 5.92 Å². The molecule has 6 rings (SSSR count). The quantitative estimate of drug-likeness (QED) is 0.206. The summed E-state index contributed by atoms with van der Waals surface area (Å²) in [4.78, 5) is 35.6. The van der Waals surface area contributed by atoms with Crippen LogP contribution < -0.4 is 19.4 Å². The van der Waals surface area contributed by atoms with E-state index in [1.807, 2.05) is 91.0 Å². The molecule has 0 N–H and O–H groups in total. The van der Waals surface area contributed by atoms with Crippen molar-refractivity contribution in [1.29, 1.82) is 0 Å². The van der Waals surface area contributed by atoms with Crippen LogP contribution in [0.1, 0.15) is 31.4 Å². The fraction of sp³-hybridized carbons (Fsp3) is 0.250. The van der Waals surface area contributed by atoms with Crippen LogP contribution in [0.4, 0.5) is 11.4 Å². The van der Waals surface area contributed by atoms with Gasteiger partial charge in [-0.2, -0.15) is 0 Å². The number of fused-ring (bicyclic) bond motifs is 2. The Bertz CT molecular complexity index is 1520. The maximum atomic E-state index is 14.1. The molecule has 2 aliphatic heterocycles. The molecule has 198 valence electrons. The van der Waals surface area contributed by atoms with Gasteiger partial charge in [-0.3, -0.25) is 14.4 Å². The fourth-order valence-electron chi connectivity index (χ4n) is 5.51. The van der Waals surface area contributed by atoms with Crippen molar-refractivity contribution in [3.05, 3.63) is 96.6 Å². The number of hydrogen-bond acceptors (Lipinski definition) is 6. The van der Waals surface area contributed by atoms with Crippen LogP contribution in [0, 0.1) is 5.92 Å². The molecule has 0 bridgehead atoms. The van der Waals surface area contributed by atoms with Gasteiger partial charge in [0.15, 0.2) is 17.6 Å². The molecule has 2 aliphatic rings. The zero-order valence-electron chi connectivity index (χ0n) is 21.9. The van der Waals surface area contributed by atoms with E-state index in [0.29, 0.717) is 23.8 Å². The molecule has 3 atom stereocenters. The molecule has 2 heterocycles. The predicted octanol–water partition coefficient (Wildman–Crippen LogP) is 6.08. The number of benzene rings is 4. The van der Waals surface area contributed by atoms with E-state index in [2.05, 4.69) is 6.92 Å². The summed E-state index contributed by atoms with van der Waals surface area (Å²) in [5, 5.41) is 3.49. The second-order valence-electron chi connectivity index (χ2n) is 9.78. The number of methoxy groups -OCH3 is 1. The number of anilines is 2. The summed E-state index contributed by atoms with van der Waals surface area (Å²) in [6.45, 7) is 2.70. The van der Waals surface area contributed by atoms with Crippen molar-refractivity contribution in [3.8, 4) is 11.5 Å². The predicted molar refractivity (Wildman–Crippen MR) is 150 cm³/mol. The van der Waals surface area contributed by atoms with Crippen molar-refractivity contribution in [2.45, 2.75) is 31.9 Å². The molecular weight excluding hydrogens is 492 g/mol. The lowest BCUT2D eigenvalue weighted by Crippen LogP contribution is -2.37. The second-order valence-corrected chi connectivity index (χ2v) is 9.78. The number of amides is 2. The Hall–Kier alpha value is -4.36. The first-order valence-corrected chi connectivity index (χ1v) is 13.3. The Balaban J connectivity index is 1.42. The number of rotatable bonds is 8. The third-order valence-electron chi connectivity index (χ3n) is 7.42. The molecule has 2 fully saturated rings. The highest BCUT2D eigenvalue weighted by atomic mass is 16.7. The van der Waals surface area contributed by atoms with E-state index in [1.165, 1.54) is 4.90 Å². The molecule has 7 nitrogen and oxygen atoms in total. The van der Waals surface area contributed by atoms with E-state index in [9.17, 15) is 9.59 Å². The molecule has 2 amide bonds. The van der Waals surface area contributed by atoms with Crippen molar-refractivity contribution < 1.29 is 23.9 Å². The third-order valence-corrected chi connectivity index (χ3v) is 7.42. The molecule has 2 saturated heterocycles. The number of carbonyl (C=O) groups excluding carboxylic acids is 2. The number of para-hydroxylation sites is 1. The first-order chi connectivity index (χ1) is 19.1. The smallest absolute Gasteiger partial charge is 0.266 e. The van der Waals surface area contributed by atoms with Crippen LogP contribution in [0.2, 0.25) is 0 Å². The molecule has 39 heavy (non-hydrogen) atoms. The highest BCUT2D eigenvalue weighted by Gasteiger charge is 2.60. The highest BCUT2D eigenvalue weighted by molar-refractivity contribution is 6.26. The number of unbranched alkanes of at least 4 members (excludes halogenated alkanes) is 1. The molecule has 4 aromatic rings. The Labute approximate surface area is 227 Å². The molecule has 0 spiro atoms. The van der Waals surface area contributed by atoms with Gasteiger partial charge in [-0.05, 0) is 47.7 Å². The van der Waals surface area contributed by atoms with E-state index in [0.717, 1.165) is 34.9 Å². The summed E-state index contributed by atoms with van der Waals surface area (Å²) in [6.07, 6.45) is 1.01. The highest BCUT2D eigenvalue weighted by Crippen LogP contribution is 2.49. The molecule has 0 aromatic heterocycles. The minimum atomic E-state index is -0.951. The van der Waals surface area contributed by atoms with Crippen molar-refractivity contribution in [2.24, 2.45) is 5.92 Å². The zero-order valence-corrected chi connectivity index (χ0v) is 21.9. The number of hydroxylamine groups is 1. The van der Waals surface area contributed by atoms with Gasteiger partial charge in [0.05, 0.1) is 31.1 Å². The summed E-state index contributed by atoms with van der Waals surface area (Å²) < 4.78 is 11.6. The molecule has 0 radical (unpaired) electrons. The SMILES string of the molecule is CCCCOc1ccc(C2C3C(=O)N(c4cccc5ccccc45)C(=O)C3ON2c2ccccc2)cc1OC. The first-order valence-electron chi connectivity index (χ1n) is 13.3. The van der Waals surface area contributed by atoms with E-state index in [-0.39, 0.29) is 11.8 Å². The molecule has 3 unspecified atom stereocenters. The van der Waals surface area contributed by atoms with E-state index >= 15 is 0 Å². The maximum absolute atomic E-state index is 14.1. The largest absolute Gasteiger partial charge is 0.493 e. The molecular formula is C32H30N2O5. The molecule has 4 aromatic carbocycles. The van der Waals surface area contributed by atoms with Crippen LogP contribution >= 0.6 is 0 Å². The van der Waals surface area contributed by atoms with Crippen LogP contribution in [0.25, 0.3) is 10.8 Å². The van der Waals surface area contributed by atoms with Crippen molar-refractivity contribution in [3.63, 3.8) is 0 Å². The number of nitrogens with zero attached hydrogens (tertiary/aromatic N) is 2. The number of imide groups is 1. The van der Waals surface area contributed by atoms with E-state index in [1.54, 1.807) is 12.2 Å². The summed E-state index contributed by atoms with van der Waals surface area (Å²) in [6, 6.07) is 28.1. The molecule has 7 heteroatoms.